The molecule has 1 aliphatic heterocycles. The number of aldehydes is 1. The van der Waals surface area contributed by atoms with Gasteiger partial charge >= 0.3 is 0 Å². The van der Waals surface area contributed by atoms with Crippen LogP contribution in [-0.2, 0) is 20.8 Å². The molecule has 5 nitrogen and oxygen atoms in total. The van der Waals surface area contributed by atoms with Crippen molar-refractivity contribution in [1.29, 1.82) is 0 Å². The minimum Gasteiger partial charge on any atom is -0.340 e. The van der Waals surface area contributed by atoms with Gasteiger partial charge in [0.05, 0.1) is 6.42 Å². The van der Waals surface area contributed by atoms with E-state index in [2.05, 4.69) is 0 Å². The van der Waals surface area contributed by atoms with Crippen molar-refractivity contribution in [2.45, 2.75) is 19.8 Å². The van der Waals surface area contributed by atoms with Gasteiger partial charge in [-0.05, 0) is 5.56 Å². The normalized spacial score (nSPS) is 18.7. The second-order valence-electron chi connectivity index (χ2n) is 5.59. The number of carbonyl (C=O) groups excluding carboxylic acids is 3. The molecule has 0 saturated carbocycles. The molecular formula is C17H22N2O3. The van der Waals surface area contributed by atoms with E-state index < -0.39 is 0 Å². The fraction of sp³-hybridized carbons (Fsp3) is 0.471. The zero-order valence-electron chi connectivity index (χ0n) is 12.9. The minimum absolute atomic E-state index is 0.00356. The molecule has 0 bridgehead atoms. The van der Waals surface area contributed by atoms with Crippen LogP contribution in [0.4, 0.5) is 0 Å². The van der Waals surface area contributed by atoms with Crippen LogP contribution in [0.3, 0.4) is 0 Å². The zero-order valence-corrected chi connectivity index (χ0v) is 12.9. The summed E-state index contributed by atoms with van der Waals surface area (Å²) in [6.45, 7) is 3.59. The number of amides is 2. The molecule has 2 amide bonds. The molecule has 1 saturated heterocycles. The van der Waals surface area contributed by atoms with E-state index in [9.17, 15) is 14.4 Å². The SMILES string of the molecule is CCC(=O)N1CCN(C(=O)Cc2ccccc2)CC(C=O)C1. The van der Waals surface area contributed by atoms with Crippen molar-refractivity contribution in [3.63, 3.8) is 0 Å². The summed E-state index contributed by atoms with van der Waals surface area (Å²) in [5.74, 6) is -0.272. The topological polar surface area (TPSA) is 57.7 Å². The molecule has 2 rings (SSSR count). The van der Waals surface area contributed by atoms with Gasteiger partial charge in [0.2, 0.25) is 11.8 Å². The third-order valence-electron chi connectivity index (χ3n) is 3.95. The Morgan fingerprint density at radius 1 is 1.09 bits per heavy atom. The van der Waals surface area contributed by atoms with E-state index in [0.29, 0.717) is 39.0 Å². The molecule has 1 atom stereocenters. The molecule has 0 N–H and O–H groups in total. The molecule has 1 aromatic rings. The number of benzene rings is 1. The van der Waals surface area contributed by atoms with Gasteiger partial charge in [-0.25, -0.2) is 0 Å². The molecule has 1 heterocycles. The van der Waals surface area contributed by atoms with Gasteiger partial charge in [0.15, 0.2) is 0 Å². The lowest BCUT2D eigenvalue weighted by Gasteiger charge is -2.22. The standard InChI is InChI=1S/C17H22N2O3/c1-2-16(21)18-8-9-19(12-15(11-18)13-20)17(22)10-14-6-4-3-5-7-14/h3-7,13,15H,2,8-12H2,1H3. The van der Waals surface area contributed by atoms with Gasteiger partial charge < -0.3 is 14.6 Å². The van der Waals surface area contributed by atoms with Crippen molar-refractivity contribution >= 4 is 18.1 Å². The number of rotatable bonds is 4. The van der Waals surface area contributed by atoms with Crippen LogP contribution in [-0.4, -0.2) is 54.1 Å². The molecule has 1 aliphatic rings. The maximum Gasteiger partial charge on any atom is 0.227 e. The first-order valence-corrected chi connectivity index (χ1v) is 7.68. The molecule has 1 fully saturated rings. The first-order valence-electron chi connectivity index (χ1n) is 7.68. The van der Waals surface area contributed by atoms with Crippen LogP contribution in [0, 0.1) is 5.92 Å². The Hall–Kier alpha value is -2.17. The molecule has 0 aromatic heterocycles. The largest absolute Gasteiger partial charge is 0.340 e. The summed E-state index contributed by atoms with van der Waals surface area (Å²) in [5.41, 5.74) is 0.959. The van der Waals surface area contributed by atoms with E-state index in [4.69, 9.17) is 0 Å². The minimum atomic E-state index is -0.308. The predicted molar refractivity (Wildman–Crippen MR) is 83.2 cm³/mol. The lowest BCUT2D eigenvalue weighted by Crippen LogP contribution is -2.37. The van der Waals surface area contributed by atoms with E-state index in [0.717, 1.165) is 11.8 Å². The number of carbonyl (C=O) groups is 3. The van der Waals surface area contributed by atoms with Crippen molar-refractivity contribution in [2.75, 3.05) is 26.2 Å². The second kappa shape index (κ2) is 7.73. The number of hydrogen-bond donors (Lipinski definition) is 0. The number of nitrogens with zero attached hydrogens (tertiary/aromatic N) is 2. The van der Waals surface area contributed by atoms with Crippen molar-refractivity contribution in [2.24, 2.45) is 5.92 Å². The average Bonchev–Trinajstić information content (AvgIpc) is 2.77. The van der Waals surface area contributed by atoms with E-state index in [1.807, 2.05) is 37.3 Å². The molecule has 0 radical (unpaired) electrons. The van der Waals surface area contributed by atoms with Crippen LogP contribution in [0.15, 0.2) is 30.3 Å². The van der Waals surface area contributed by atoms with Crippen LogP contribution < -0.4 is 0 Å². The first-order chi connectivity index (χ1) is 10.6. The highest BCUT2D eigenvalue weighted by molar-refractivity contribution is 5.80. The summed E-state index contributed by atoms with van der Waals surface area (Å²) in [6.07, 6.45) is 1.60. The maximum atomic E-state index is 12.4. The summed E-state index contributed by atoms with van der Waals surface area (Å²) in [5, 5.41) is 0. The Morgan fingerprint density at radius 3 is 2.23 bits per heavy atom. The predicted octanol–water partition coefficient (Wildman–Crippen LogP) is 1.12. The molecule has 22 heavy (non-hydrogen) atoms. The van der Waals surface area contributed by atoms with E-state index in [1.54, 1.807) is 9.80 Å². The van der Waals surface area contributed by atoms with Gasteiger partial charge in [-0.15, -0.1) is 0 Å². The molecular weight excluding hydrogens is 280 g/mol. The summed E-state index contributed by atoms with van der Waals surface area (Å²) >= 11 is 0. The lowest BCUT2D eigenvalue weighted by molar-refractivity contribution is -0.133. The summed E-state index contributed by atoms with van der Waals surface area (Å²) in [7, 11) is 0. The van der Waals surface area contributed by atoms with Crippen LogP contribution in [0.2, 0.25) is 0 Å². The monoisotopic (exact) mass is 302 g/mol. The van der Waals surface area contributed by atoms with Crippen molar-refractivity contribution in [3.05, 3.63) is 35.9 Å². The van der Waals surface area contributed by atoms with Crippen LogP contribution >= 0.6 is 0 Å². The van der Waals surface area contributed by atoms with Crippen molar-refractivity contribution in [3.8, 4) is 0 Å². The first kappa shape index (κ1) is 16.2. The highest BCUT2D eigenvalue weighted by atomic mass is 16.2. The van der Waals surface area contributed by atoms with Crippen LogP contribution in [0.5, 0.6) is 0 Å². The lowest BCUT2D eigenvalue weighted by atomic mass is 10.1. The highest BCUT2D eigenvalue weighted by Gasteiger charge is 2.27. The third-order valence-corrected chi connectivity index (χ3v) is 3.95. The molecule has 0 spiro atoms. The van der Waals surface area contributed by atoms with Gasteiger partial charge in [-0.3, -0.25) is 9.59 Å². The van der Waals surface area contributed by atoms with Crippen molar-refractivity contribution < 1.29 is 14.4 Å². The van der Waals surface area contributed by atoms with Gasteiger partial charge in [-0.1, -0.05) is 37.3 Å². The molecule has 1 unspecified atom stereocenters. The van der Waals surface area contributed by atoms with E-state index in [-0.39, 0.29) is 17.7 Å². The molecule has 1 aromatic carbocycles. The summed E-state index contributed by atoms with van der Waals surface area (Å²) < 4.78 is 0. The van der Waals surface area contributed by atoms with Gasteiger partial charge in [0, 0.05) is 38.5 Å². The Morgan fingerprint density at radius 2 is 1.68 bits per heavy atom. The fourth-order valence-corrected chi connectivity index (χ4v) is 2.69. The fourth-order valence-electron chi connectivity index (χ4n) is 2.69. The third kappa shape index (κ3) is 4.16. The van der Waals surface area contributed by atoms with E-state index >= 15 is 0 Å². The van der Waals surface area contributed by atoms with Gasteiger partial charge in [0.25, 0.3) is 0 Å². The van der Waals surface area contributed by atoms with Crippen LogP contribution in [0.1, 0.15) is 18.9 Å². The zero-order chi connectivity index (χ0) is 15.9. The van der Waals surface area contributed by atoms with Gasteiger partial charge in [0.1, 0.15) is 6.29 Å². The smallest absolute Gasteiger partial charge is 0.227 e. The Balaban J connectivity index is 2.03. The Labute approximate surface area is 130 Å². The second-order valence-corrected chi connectivity index (χ2v) is 5.59. The van der Waals surface area contributed by atoms with Crippen LogP contribution in [0.25, 0.3) is 0 Å². The number of hydrogen-bond acceptors (Lipinski definition) is 3. The van der Waals surface area contributed by atoms with Gasteiger partial charge in [-0.2, -0.15) is 0 Å². The summed E-state index contributed by atoms with van der Waals surface area (Å²) in [4.78, 5) is 38.9. The molecule has 5 heteroatoms. The molecule has 118 valence electrons. The highest BCUT2D eigenvalue weighted by Crippen LogP contribution is 2.11. The van der Waals surface area contributed by atoms with E-state index in [1.165, 1.54) is 0 Å². The van der Waals surface area contributed by atoms with Crippen molar-refractivity contribution in [1.82, 2.24) is 9.80 Å². The molecule has 0 aliphatic carbocycles. The quantitative estimate of drug-likeness (QED) is 0.783. The summed E-state index contributed by atoms with van der Waals surface area (Å²) in [6, 6.07) is 9.55. The Kier molecular flexibility index (Phi) is 5.69. The Bertz CT molecular complexity index is 530. The average molecular weight is 302 g/mol. The maximum absolute atomic E-state index is 12.4.